The third-order valence-corrected chi connectivity index (χ3v) is 6.04. The number of rotatable bonds is 5. The first kappa shape index (κ1) is 17.8. The van der Waals surface area contributed by atoms with Crippen molar-refractivity contribution in [3.63, 3.8) is 0 Å². The molecule has 4 rings (SSSR count). The standard InChI is InChI=1S/C20H27ClN4O/c21-17-6-7-19-22-18(15-25(19)13-17)14-23-9-11-24(12-10-23)20(26)8-5-16-3-1-2-4-16/h6-7,13,15-16H,1-5,8-12,14H2. The molecule has 0 aromatic carbocycles. The van der Waals surface area contributed by atoms with Gasteiger partial charge < -0.3 is 9.30 Å². The van der Waals surface area contributed by atoms with Crippen LogP contribution in [0.5, 0.6) is 0 Å². The lowest BCUT2D eigenvalue weighted by molar-refractivity contribution is -0.133. The second kappa shape index (κ2) is 7.97. The van der Waals surface area contributed by atoms with Crippen molar-refractivity contribution < 1.29 is 4.79 Å². The Bertz CT molecular complexity index is 760. The molecular weight excluding hydrogens is 348 g/mol. The number of halogens is 1. The average molecular weight is 375 g/mol. The van der Waals surface area contributed by atoms with Gasteiger partial charge in [-0.1, -0.05) is 37.3 Å². The van der Waals surface area contributed by atoms with Crippen molar-refractivity contribution >= 4 is 23.2 Å². The number of aromatic nitrogens is 2. The third kappa shape index (κ3) is 4.21. The van der Waals surface area contributed by atoms with Crippen molar-refractivity contribution in [2.45, 2.75) is 45.1 Å². The summed E-state index contributed by atoms with van der Waals surface area (Å²) in [6, 6.07) is 3.80. The van der Waals surface area contributed by atoms with Crippen LogP contribution in [0.3, 0.4) is 0 Å². The highest BCUT2D eigenvalue weighted by Crippen LogP contribution is 2.28. The highest BCUT2D eigenvalue weighted by Gasteiger charge is 2.23. The van der Waals surface area contributed by atoms with Crippen LogP contribution in [0.25, 0.3) is 5.65 Å². The SMILES string of the molecule is O=C(CCC1CCCC1)N1CCN(Cc2cn3cc(Cl)ccc3n2)CC1. The van der Waals surface area contributed by atoms with Crippen LogP contribution >= 0.6 is 11.6 Å². The molecule has 1 saturated carbocycles. The summed E-state index contributed by atoms with van der Waals surface area (Å²) in [5.41, 5.74) is 1.97. The molecule has 0 atom stereocenters. The monoisotopic (exact) mass is 374 g/mol. The van der Waals surface area contributed by atoms with Crippen LogP contribution in [0.4, 0.5) is 0 Å². The number of pyridine rings is 1. The molecule has 26 heavy (non-hydrogen) atoms. The van der Waals surface area contributed by atoms with Crippen LogP contribution in [-0.2, 0) is 11.3 Å². The molecule has 0 bridgehead atoms. The van der Waals surface area contributed by atoms with Gasteiger partial charge in [0, 0.05) is 51.5 Å². The van der Waals surface area contributed by atoms with E-state index < -0.39 is 0 Å². The second-order valence-corrected chi connectivity index (χ2v) is 8.13. The molecule has 1 aliphatic carbocycles. The molecule has 140 valence electrons. The Morgan fingerprint density at radius 2 is 1.88 bits per heavy atom. The Balaban J connectivity index is 1.25. The summed E-state index contributed by atoms with van der Waals surface area (Å²) in [7, 11) is 0. The van der Waals surface area contributed by atoms with Gasteiger partial charge in [0.2, 0.25) is 5.91 Å². The normalized spacial score (nSPS) is 19.5. The van der Waals surface area contributed by atoms with Crippen molar-refractivity contribution in [3.8, 4) is 0 Å². The minimum absolute atomic E-state index is 0.346. The summed E-state index contributed by atoms with van der Waals surface area (Å²) in [5.74, 6) is 1.14. The van der Waals surface area contributed by atoms with E-state index in [1.807, 2.05) is 28.9 Å². The maximum Gasteiger partial charge on any atom is 0.222 e. The molecule has 1 aliphatic heterocycles. The van der Waals surface area contributed by atoms with Gasteiger partial charge >= 0.3 is 0 Å². The number of hydrogen-bond donors (Lipinski definition) is 0. The minimum Gasteiger partial charge on any atom is -0.340 e. The van der Waals surface area contributed by atoms with E-state index in [1.165, 1.54) is 25.7 Å². The first-order valence-electron chi connectivity index (χ1n) is 9.80. The Hall–Kier alpha value is -1.59. The van der Waals surface area contributed by atoms with Gasteiger partial charge in [-0.05, 0) is 24.5 Å². The number of imidazole rings is 1. The van der Waals surface area contributed by atoms with E-state index in [-0.39, 0.29) is 0 Å². The van der Waals surface area contributed by atoms with Crippen LogP contribution in [0, 0.1) is 5.92 Å². The van der Waals surface area contributed by atoms with Crippen LogP contribution in [0.15, 0.2) is 24.5 Å². The van der Waals surface area contributed by atoms with Crippen molar-refractivity contribution in [1.29, 1.82) is 0 Å². The zero-order valence-electron chi connectivity index (χ0n) is 15.2. The fraction of sp³-hybridized carbons (Fsp3) is 0.600. The first-order chi connectivity index (χ1) is 12.7. The number of carbonyl (C=O) groups is 1. The number of hydrogen-bond acceptors (Lipinski definition) is 3. The first-order valence-corrected chi connectivity index (χ1v) is 10.2. The van der Waals surface area contributed by atoms with Crippen molar-refractivity contribution in [1.82, 2.24) is 19.2 Å². The number of piperazine rings is 1. The van der Waals surface area contributed by atoms with E-state index in [9.17, 15) is 4.79 Å². The maximum absolute atomic E-state index is 12.4. The molecule has 0 spiro atoms. The summed E-state index contributed by atoms with van der Waals surface area (Å²) in [5, 5.41) is 0.714. The van der Waals surface area contributed by atoms with E-state index in [0.717, 1.165) is 62.8 Å². The molecular formula is C20H27ClN4O. The van der Waals surface area contributed by atoms with E-state index in [1.54, 1.807) is 0 Å². The molecule has 2 aromatic rings. The van der Waals surface area contributed by atoms with E-state index in [2.05, 4.69) is 14.8 Å². The van der Waals surface area contributed by atoms with Gasteiger partial charge in [-0.25, -0.2) is 4.98 Å². The van der Waals surface area contributed by atoms with Gasteiger partial charge in [-0.15, -0.1) is 0 Å². The smallest absolute Gasteiger partial charge is 0.222 e. The molecule has 2 aliphatic rings. The molecule has 2 aromatic heterocycles. The highest BCUT2D eigenvalue weighted by atomic mass is 35.5. The van der Waals surface area contributed by atoms with Crippen molar-refractivity contribution in [2.75, 3.05) is 26.2 Å². The molecule has 3 heterocycles. The lowest BCUT2D eigenvalue weighted by Gasteiger charge is -2.34. The summed E-state index contributed by atoms with van der Waals surface area (Å²) >= 11 is 6.04. The number of carbonyl (C=O) groups excluding carboxylic acids is 1. The molecule has 0 unspecified atom stereocenters. The predicted molar refractivity (Wildman–Crippen MR) is 103 cm³/mol. The molecule has 6 heteroatoms. The van der Waals surface area contributed by atoms with Crippen LogP contribution < -0.4 is 0 Å². The fourth-order valence-electron chi connectivity index (χ4n) is 4.26. The van der Waals surface area contributed by atoms with E-state index >= 15 is 0 Å². The van der Waals surface area contributed by atoms with Gasteiger partial charge in [0.15, 0.2) is 0 Å². The molecule has 2 fully saturated rings. The number of amides is 1. The van der Waals surface area contributed by atoms with Gasteiger partial charge in [0.1, 0.15) is 5.65 Å². The van der Waals surface area contributed by atoms with Gasteiger partial charge in [0.25, 0.3) is 0 Å². The predicted octanol–water partition coefficient (Wildman–Crippen LogP) is 3.60. The highest BCUT2D eigenvalue weighted by molar-refractivity contribution is 6.30. The molecule has 0 radical (unpaired) electrons. The molecule has 1 amide bonds. The average Bonchev–Trinajstić information content (AvgIpc) is 3.29. The summed E-state index contributed by atoms with van der Waals surface area (Å²) < 4.78 is 1.97. The quantitative estimate of drug-likeness (QED) is 0.802. The van der Waals surface area contributed by atoms with E-state index in [4.69, 9.17) is 11.6 Å². The van der Waals surface area contributed by atoms with Crippen LogP contribution in [-0.4, -0.2) is 51.3 Å². The summed E-state index contributed by atoms with van der Waals surface area (Å²) in [4.78, 5) is 21.5. The zero-order valence-corrected chi connectivity index (χ0v) is 16.0. The molecule has 0 N–H and O–H groups in total. The Kier molecular flexibility index (Phi) is 5.46. The van der Waals surface area contributed by atoms with Crippen LogP contribution in [0.2, 0.25) is 5.02 Å². The topological polar surface area (TPSA) is 40.9 Å². The van der Waals surface area contributed by atoms with Gasteiger partial charge in [-0.3, -0.25) is 9.69 Å². The second-order valence-electron chi connectivity index (χ2n) is 7.69. The third-order valence-electron chi connectivity index (χ3n) is 5.82. The number of fused-ring (bicyclic) bond motifs is 1. The molecule has 1 saturated heterocycles. The zero-order chi connectivity index (χ0) is 17.9. The Morgan fingerprint density at radius 1 is 1.12 bits per heavy atom. The largest absolute Gasteiger partial charge is 0.340 e. The summed E-state index contributed by atoms with van der Waals surface area (Å²) in [6.45, 7) is 4.34. The van der Waals surface area contributed by atoms with E-state index in [0.29, 0.717) is 10.9 Å². The van der Waals surface area contributed by atoms with Gasteiger partial charge in [-0.2, -0.15) is 0 Å². The van der Waals surface area contributed by atoms with Crippen molar-refractivity contribution in [3.05, 3.63) is 35.2 Å². The molecule has 5 nitrogen and oxygen atoms in total. The fourth-order valence-corrected chi connectivity index (χ4v) is 4.43. The Labute approximate surface area is 159 Å². The maximum atomic E-state index is 12.4. The van der Waals surface area contributed by atoms with Crippen LogP contribution in [0.1, 0.15) is 44.2 Å². The van der Waals surface area contributed by atoms with Gasteiger partial charge in [0.05, 0.1) is 10.7 Å². The van der Waals surface area contributed by atoms with Crippen molar-refractivity contribution in [2.24, 2.45) is 5.92 Å². The minimum atomic E-state index is 0.346. The lowest BCUT2D eigenvalue weighted by atomic mass is 10.0. The Morgan fingerprint density at radius 3 is 2.65 bits per heavy atom. The summed E-state index contributed by atoms with van der Waals surface area (Å²) in [6.07, 6.45) is 11.1. The lowest BCUT2D eigenvalue weighted by Crippen LogP contribution is -2.48. The number of nitrogens with zero attached hydrogens (tertiary/aromatic N) is 4.